The molecule has 84 valence electrons. The first-order valence-corrected chi connectivity index (χ1v) is 5.30. The lowest BCUT2D eigenvalue weighted by Crippen LogP contribution is -2.20. The average molecular weight is 216 g/mol. The zero-order valence-electron chi connectivity index (χ0n) is 9.82. The van der Waals surface area contributed by atoms with Gasteiger partial charge in [-0.1, -0.05) is 18.2 Å². The van der Waals surface area contributed by atoms with Crippen molar-refractivity contribution in [2.75, 3.05) is 0 Å². The number of furan rings is 1. The van der Waals surface area contributed by atoms with Gasteiger partial charge in [0.25, 0.3) is 0 Å². The Kier molecular flexibility index (Phi) is 2.46. The summed E-state index contributed by atoms with van der Waals surface area (Å²) in [5.41, 5.74) is 6.55. The predicted octanol–water partition coefficient (Wildman–Crippen LogP) is 2.94. The Bertz CT molecular complexity index is 499. The van der Waals surface area contributed by atoms with E-state index in [0.717, 1.165) is 11.0 Å². The molecule has 0 aliphatic rings. The Morgan fingerprint density at radius 1 is 1.25 bits per heavy atom. The minimum atomic E-state index is -0.191. The second-order valence-electron chi connectivity index (χ2n) is 4.82. The second-order valence-corrected chi connectivity index (χ2v) is 4.82. The number of nitrogens with zero attached hydrogens (tertiary/aromatic N) is 1. The molecule has 0 spiro atoms. The van der Waals surface area contributed by atoms with Gasteiger partial charge in [0, 0.05) is 5.39 Å². The standard InChI is InChI=1S/C13H16N2O/c1-13(2,3)15-12(14)11-8-9-6-4-5-7-10(9)16-11/h4-8H,1-3H3,(H2,14,15). The lowest BCUT2D eigenvalue weighted by Gasteiger charge is -2.12. The molecular formula is C13H16N2O. The molecule has 0 fully saturated rings. The van der Waals surface area contributed by atoms with Crippen LogP contribution in [0.1, 0.15) is 26.5 Å². The van der Waals surface area contributed by atoms with Gasteiger partial charge in [-0.25, -0.2) is 0 Å². The van der Waals surface area contributed by atoms with Crippen molar-refractivity contribution in [3.05, 3.63) is 36.1 Å². The fourth-order valence-corrected chi connectivity index (χ4v) is 1.52. The zero-order chi connectivity index (χ0) is 11.8. The Morgan fingerprint density at radius 3 is 2.56 bits per heavy atom. The van der Waals surface area contributed by atoms with E-state index in [4.69, 9.17) is 10.2 Å². The van der Waals surface area contributed by atoms with E-state index in [1.165, 1.54) is 0 Å². The third-order valence-corrected chi connectivity index (χ3v) is 2.13. The van der Waals surface area contributed by atoms with E-state index in [0.29, 0.717) is 11.6 Å². The molecule has 0 aliphatic carbocycles. The summed E-state index contributed by atoms with van der Waals surface area (Å²) in [6, 6.07) is 9.74. The molecule has 3 heteroatoms. The summed E-state index contributed by atoms with van der Waals surface area (Å²) >= 11 is 0. The fourth-order valence-electron chi connectivity index (χ4n) is 1.52. The van der Waals surface area contributed by atoms with Gasteiger partial charge in [0.1, 0.15) is 5.58 Å². The minimum absolute atomic E-state index is 0.191. The van der Waals surface area contributed by atoms with E-state index in [1.54, 1.807) is 0 Å². The van der Waals surface area contributed by atoms with Crippen LogP contribution in [0.3, 0.4) is 0 Å². The highest BCUT2D eigenvalue weighted by atomic mass is 16.3. The highest BCUT2D eigenvalue weighted by Crippen LogP contribution is 2.19. The summed E-state index contributed by atoms with van der Waals surface area (Å²) in [7, 11) is 0. The van der Waals surface area contributed by atoms with Crippen LogP contribution in [0.5, 0.6) is 0 Å². The first-order chi connectivity index (χ1) is 7.46. The average Bonchev–Trinajstić information content (AvgIpc) is 2.58. The summed E-state index contributed by atoms with van der Waals surface area (Å²) < 4.78 is 5.62. The Morgan fingerprint density at radius 2 is 1.94 bits per heavy atom. The maximum absolute atomic E-state index is 5.90. The van der Waals surface area contributed by atoms with E-state index >= 15 is 0 Å². The lowest BCUT2D eigenvalue weighted by atomic mass is 10.1. The molecular weight excluding hydrogens is 200 g/mol. The van der Waals surface area contributed by atoms with Gasteiger partial charge in [-0.05, 0) is 32.9 Å². The van der Waals surface area contributed by atoms with Crippen LogP contribution in [0, 0.1) is 0 Å². The normalized spacial score (nSPS) is 13.3. The van der Waals surface area contributed by atoms with Crippen LogP contribution in [-0.4, -0.2) is 11.4 Å². The number of rotatable bonds is 1. The van der Waals surface area contributed by atoms with E-state index in [1.807, 2.05) is 51.1 Å². The largest absolute Gasteiger partial charge is 0.453 e. The first-order valence-electron chi connectivity index (χ1n) is 5.30. The van der Waals surface area contributed by atoms with E-state index in [9.17, 15) is 0 Å². The van der Waals surface area contributed by atoms with Crippen LogP contribution in [0.15, 0.2) is 39.7 Å². The monoisotopic (exact) mass is 216 g/mol. The molecule has 0 bridgehead atoms. The molecule has 0 atom stereocenters. The van der Waals surface area contributed by atoms with Crippen molar-refractivity contribution in [1.82, 2.24) is 0 Å². The second kappa shape index (κ2) is 3.67. The summed E-state index contributed by atoms with van der Waals surface area (Å²) in [6.45, 7) is 6.01. The molecule has 0 unspecified atom stereocenters. The number of para-hydroxylation sites is 1. The molecule has 1 heterocycles. The summed E-state index contributed by atoms with van der Waals surface area (Å²) in [5, 5.41) is 1.05. The third-order valence-electron chi connectivity index (χ3n) is 2.13. The number of amidine groups is 1. The minimum Gasteiger partial charge on any atom is -0.453 e. The third kappa shape index (κ3) is 2.24. The molecule has 0 amide bonds. The van der Waals surface area contributed by atoms with Crippen molar-refractivity contribution < 1.29 is 4.42 Å². The maximum Gasteiger partial charge on any atom is 0.169 e. The molecule has 1 aromatic heterocycles. The van der Waals surface area contributed by atoms with Crippen molar-refractivity contribution in [2.45, 2.75) is 26.3 Å². The molecule has 0 saturated carbocycles. The number of hydrogen-bond donors (Lipinski definition) is 1. The number of fused-ring (bicyclic) bond motifs is 1. The van der Waals surface area contributed by atoms with Gasteiger partial charge in [0.15, 0.2) is 11.6 Å². The Balaban J connectivity index is 2.45. The van der Waals surface area contributed by atoms with Crippen molar-refractivity contribution >= 4 is 16.8 Å². The molecule has 16 heavy (non-hydrogen) atoms. The first kappa shape index (κ1) is 10.7. The van der Waals surface area contributed by atoms with Gasteiger partial charge in [-0.3, -0.25) is 4.99 Å². The molecule has 0 aliphatic heterocycles. The van der Waals surface area contributed by atoms with Crippen LogP contribution < -0.4 is 5.73 Å². The molecule has 0 saturated heterocycles. The highest BCUT2D eigenvalue weighted by molar-refractivity contribution is 5.98. The topological polar surface area (TPSA) is 51.5 Å². The van der Waals surface area contributed by atoms with Crippen LogP contribution in [-0.2, 0) is 0 Å². The molecule has 2 N–H and O–H groups in total. The van der Waals surface area contributed by atoms with E-state index in [2.05, 4.69) is 4.99 Å². The van der Waals surface area contributed by atoms with Gasteiger partial charge >= 0.3 is 0 Å². The Labute approximate surface area is 95.0 Å². The lowest BCUT2D eigenvalue weighted by molar-refractivity contribution is 0.569. The maximum atomic E-state index is 5.90. The molecule has 1 aromatic carbocycles. The quantitative estimate of drug-likeness (QED) is 0.588. The molecule has 2 rings (SSSR count). The SMILES string of the molecule is CC(C)(C)N=C(N)c1cc2ccccc2o1. The van der Waals surface area contributed by atoms with Gasteiger partial charge in [0.2, 0.25) is 0 Å². The summed E-state index contributed by atoms with van der Waals surface area (Å²) in [4.78, 5) is 4.38. The van der Waals surface area contributed by atoms with Crippen LogP contribution in [0.4, 0.5) is 0 Å². The van der Waals surface area contributed by atoms with Gasteiger partial charge in [0.05, 0.1) is 5.54 Å². The van der Waals surface area contributed by atoms with Crippen molar-refractivity contribution in [3.63, 3.8) is 0 Å². The number of nitrogens with two attached hydrogens (primary N) is 1. The number of hydrogen-bond acceptors (Lipinski definition) is 2. The highest BCUT2D eigenvalue weighted by Gasteiger charge is 2.12. The van der Waals surface area contributed by atoms with Crippen LogP contribution >= 0.6 is 0 Å². The number of aliphatic imine (C=N–C) groups is 1. The van der Waals surface area contributed by atoms with Gasteiger partial charge < -0.3 is 10.2 Å². The van der Waals surface area contributed by atoms with Gasteiger partial charge in [-0.15, -0.1) is 0 Å². The van der Waals surface area contributed by atoms with Crippen molar-refractivity contribution in [1.29, 1.82) is 0 Å². The molecule has 3 nitrogen and oxygen atoms in total. The van der Waals surface area contributed by atoms with Crippen molar-refractivity contribution in [3.8, 4) is 0 Å². The van der Waals surface area contributed by atoms with Crippen LogP contribution in [0.2, 0.25) is 0 Å². The van der Waals surface area contributed by atoms with E-state index < -0.39 is 0 Å². The smallest absolute Gasteiger partial charge is 0.169 e. The van der Waals surface area contributed by atoms with E-state index in [-0.39, 0.29) is 5.54 Å². The molecule has 0 radical (unpaired) electrons. The Hall–Kier alpha value is -1.77. The van der Waals surface area contributed by atoms with Crippen molar-refractivity contribution in [2.24, 2.45) is 10.7 Å². The summed E-state index contributed by atoms with van der Waals surface area (Å²) in [6.07, 6.45) is 0. The van der Waals surface area contributed by atoms with Gasteiger partial charge in [-0.2, -0.15) is 0 Å². The number of benzene rings is 1. The zero-order valence-corrected chi connectivity index (χ0v) is 9.82. The summed E-state index contributed by atoms with van der Waals surface area (Å²) in [5.74, 6) is 1.08. The van der Waals surface area contributed by atoms with Crippen LogP contribution in [0.25, 0.3) is 11.0 Å². The molecule has 2 aromatic rings. The fraction of sp³-hybridized carbons (Fsp3) is 0.308. The predicted molar refractivity (Wildman–Crippen MR) is 66.7 cm³/mol.